The summed E-state index contributed by atoms with van der Waals surface area (Å²) in [5.41, 5.74) is 13.7. The molecule has 3 rings (SSSR count). The van der Waals surface area contributed by atoms with Crippen molar-refractivity contribution in [2.45, 2.75) is 147 Å². The minimum absolute atomic E-state index is 0.161. The summed E-state index contributed by atoms with van der Waals surface area (Å²) >= 11 is 0. The van der Waals surface area contributed by atoms with Crippen molar-refractivity contribution in [3.05, 3.63) is 48.5 Å². The Labute approximate surface area is 259 Å². The molecule has 0 radical (unpaired) electrons. The first-order valence-corrected chi connectivity index (χ1v) is 23.9. The normalized spacial score (nSPS) is 21.0. The molecule has 2 unspecified atom stereocenters. The summed E-state index contributed by atoms with van der Waals surface area (Å²) < 4.78 is 21.7. The number of hydrogen-bond donors (Lipinski definition) is 2. The van der Waals surface area contributed by atoms with Gasteiger partial charge in [0.2, 0.25) is 0 Å². The molecular formula is C35H60N2O3Si2. The van der Waals surface area contributed by atoms with Crippen LogP contribution in [-0.2, 0) is 4.43 Å². The number of anilines is 2. The van der Waals surface area contributed by atoms with Crippen molar-refractivity contribution in [2.24, 2.45) is 0 Å². The first-order chi connectivity index (χ1) is 20.1. The Kier molecular flexibility index (Phi) is 13.3. The molecule has 5 nitrogen and oxygen atoms in total. The van der Waals surface area contributed by atoms with E-state index in [1.807, 2.05) is 48.5 Å². The van der Waals surface area contributed by atoms with Crippen molar-refractivity contribution in [2.75, 3.05) is 11.5 Å². The van der Waals surface area contributed by atoms with Crippen LogP contribution in [0.25, 0.3) is 0 Å². The third kappa shape index (κ3) is 9.02. The number of para-hydroxylation sites is 4. The molecule has 0 saturated carbocycles. The number of benzene rings is 2. The standard InChI is InChI=1S/C35H60N2O3Si2/c1-7-9-11-13-15-25-33(38-31-23-19-17-21-29(31)36)35(27-28-41(3,4)42(5,6)40-35)34(26-16-14-12-10-8-2)39-32-24-20-18-22-30(32)37/h17-24,33-34H,7-16,25-28,36-37H2,1-6H3. The highest BCUT2D eigenvalue weighted by molar-refractivity contribution is 7.38. The highest BCUT2D eigenvalue weighted by Crippen LogP contribution is 2.47. The maximum atomic E-state index is 7.65. The Morgan fingerprint density at radius 2 is 1.12 bits per heavy atom. The maximum absolute atomic E-state index is 7.65. The number of rotatable bonds is 18. The molecule has 1 heterocycles. The molecule has 1 aliphatic rings. The first-order valence-electron chi connectivity index (χ1n) is 16.8. The van der Waals surface area contributed by atoms with Gasteiger partial charge in [-0.15, -0.1) is 0 Å². The van der Waals surface area contributed by atoms with E-state index in [9.17, 15) is 0 Å². The minimum atomic E-state index is -2.04. The zero-order valence-electron chi connectivity index (χ0n) is 27.6. The Hall–Kier alpha value is -1.97. The largest absolute Gasteiger partial charge is 0.485 e. The Balaban J connectivity index is 2.08. The predicted molar refractivity (Wildman–Crippen MR) is 185 cm³/mol. The van der Waals surface area contributed by atoms with Gasteiger partial charge in [0.15, 0.2) is 7.83 Å². The third-order valence-electron chi connectivity index (χ3n) is 9.82. The van der Waals surface area contributed by atoms with E-state index in [4.69, 9.17) is 25.4 Å². The van der Waals surface area contributed by atoms with E-state index in [0.29, 0.717) is 11.4 Å². The summed E-state index contributed by atoms with van der Waals surface area (Å²) in [5.74, 6) is 1.50. The molecular weight excluding hydrogens is 553 g/mol. The molecule has 1 saturated heterocycles. The molecule has 0 bridgehead atoms. The van der Waals surface area contributed by atoms with E-state index < -0.39 is 21.0 Å². The second-order valence-corrected chi connectivity index (χ2v) is 28.8. The van der Waals surface area contributed by atoms with Gasteiger partial charge in [0.1, 0.15) is 29.3 Å². The quantitative estimate of drug-likeness (QED) is 0.0995. The summed E-state index contributed by atoms with van der Waals surface area (Å²) in [4.78, 5) is 0. The number of nitrogen functional groups attached to an aromatic ring is 2. The maximum Gasteiger partial charge on any atom is 0.175 e. The van der Waals surface area contributed by atoms with Crippen LogP contribution in [0.15, 0.2) is 48.5 Å². The van der Waals surface area contributed by atoms with Gasteiger partial charge < -0.3 is 25.4 Å². The number of ether oxygens (including phenoxy) is 2. The molecule has 0 aromatic heterocycles. The van der Waals surface area contributed by atoms with Crippen molar-refractivity contribution in [1.82, 2.24) is 0 Å². The molecule has 236 valence electrons. The molecule has 0 spiro atoms. The van der Waals surface area contributed by atoms with Crippen molar-refractivity contribution in [3.8, 4) is 11.5 Å². The summed E-state index contributed by atoms with van der Waals surface area (Å²) in [6.45, 7) is 14.5. The van der Waals surface area contributed by atoms with Crippen LogP contribution in [-0.4, -0.2) is 33.2 Å². The predicted octanol–water partition coefficient (Wildman–Crippen LogP) is 9.92. The van der Waals surface area contributed by atoms with Crippen molar-refractivity contribution >= 4 is 26.8 Å². The van der Waals surface area contributed by atoms with Crippen LogP contribution in [0.2, 0.25) is 32.2 Å². The molecule has 2 aromatic carbocycles. The lowest BCUT2D eigenvalue weighted by Gasteiger charge is -2.56. The van der Waals surface area contributed by atoms with E-state index in [1.165, 1.54) is 57.4 Å². The smallest absolute Gasteiger partial charge is 0.175 e. The van der Waals surface area contributed by atoms with Crippen LogP contribution >= 0.6 is 0 Å². The summed E-state index contributed by atoms with van der Waals surface area (Å²) in [6.07, 6.45) is 14.6. The van der Waals surface area contributed by atoms with Crippen LogP contribution < -0.4 is 20.9 Å². The van der Waals surface area contributed by atoms with Crippen LogP contribution in [0.4, 0.5) is 11.4 Å². The van der Waals surface area contributed by atoms with Gasteiger partial charge in [0.05, 0.1) is 19.0 Å². The van der Waals surface area contributed by atoms with E-state index in [2.05, 4.69) is 40.0 Å². The summed E-state index contributed by atoms with van der Waals surface area (Å²) in [7, 11) is -3.59. The Bertz CT molecular complexity index is 1010. The molecule has 42 heavy (non-hydrogen) atoms. The molecule has 0 amide bonds. The molecule has 0 aliphatic carbocycles. The van der Waals surface area contributed by atoms with E-state index >= 15 is 0 Å². The Morgan fingerprint density at radius 1 is 0.690 bits per heavy atom. The first kappa shape index (κ1) is 34.5. The van der Waals surface area contributed by atoms with E-state index in [-0.39, 0.29) is 12.2 Å². The molecule has 4 N–H and O–H groups in total. The second-order valence-electron chi connectivity index (χ2n) is 13.6. The van der Waals surface area contributed by atoms with Crippen LogP contribution in [0.1, 0.15) is 97.3 Å². The van der Waals surface area contributed by atoms with Crippen molar-refractivity contribution in [3.63, 3.8) is 0 Å². The highest BCUT2D eigenvalue weighted by atomic mass is 29.3. The van der Waals surface area contributed by atoms with Gasteiger partial charge in [-0.25, -0.2) is 0 Å². The number of nitrogens with two attached hydrogens (primary N) is 2. The van der Waals surface area contributed by atoms with Gasteiger partial charge in [0, 0.05) is 0 Å². The zero-order valence-corrected chi connectivity index (χ0v) is 29.6. The highest BCUT2D eigenvalue weighted by Gasteiger charge is 2.60. The molecule has 1 aliphatic heterocycles. The zero-order chi connectivity index (χ0) is 30.6. The average Bonchev–Trinajstić information content (AvgIpc) is 2.95. The van der Waals surface area contributed by atoms with Gasteiger partial charge >= 0.3 is 0 Å². The summed E-state index contributed by atoms with van der Waals surface area (Å²) in [5, 5.41) is 0. The average molecular weight is 613 g/mol. The fourth-order valence-corrected chi connectivity index (χ4v) is 13.1. The lowest BCUT2D eigenvalue weighted by Crippen LogP contribution is -2.72. The Morgan fingerprint density at radius 3 is 1.52 bits per heavy atom. The lowest BCUT2D eigenvalue weighted by molar-refractivity contribution is -0.124. The minimum Gasteiger partial charge on any atom is -0.485 e. The fraction of sp³-hybridized carbons (Fsp3) is 0.657. The van der Waals surface area contributed by atoms with E-state index in [0.717, 1.165) is 43.6 Å². The number of hydrogen-bond acceptors (Lipinski definition) is 5. The topological polar surface area (TPSA) is 79.7 Å². The van der Waals surface area contributed by atoms with Gasteiger partial charge in [0.25, 0.3) is 0 Å². The van der Waals surface area contributed by atoms with Gasteiger partial charge in [-0.05, 0) is 69.5 Å². The molecule has 1 fully saturated rings. The van der Waals surface area contributed by atoms with E-state index in [1.54, 1.807) is 0 Å². The van der Waals surface area contributed by atoms with Gasteiger partial charge in [-0.3, -0.25) is 0 Å². The van der Waals surface area contributed by atoms with Gasteiger partial charge in [-0.1, -0.05) is 109 Å². The lowest BCUT2D eigenvalue weighted by atomic mass is 9.81. The van der Waals surface area contributed by atoms with Gasteiger partial charge in [-0.2, -0.15) is 0 Å². The second kappa shape index (κ2) is 16.2. The monoisotopic (exact) mass is 612 g/mol. The number of unbranched alkanes of at least 4 members (excludes halogenated alkanes) is 8. The van der Waals surface area contributed by atoms with Crippen molar-refractivity contribution < 1.29 is 13.9 Å². The SMILES string of the molecule is CCCCCCCC(Oc1ccccc1N)C1(C(CCCCCCC)Oc2ccccc2N)CC[Si](C)(C)[Si](C)(C)O1. The summed E-state index contributed by atoms with van der Waals surface area (Å²) in [6, 6.07) is 17.1. The third-order valence-corrected chi connectivity index (χ3v) is 26.3. The molecule has 7 heteroatoms. The van der Waals surface area contributed by atoms with Crippen LogP contribution in [0, 0.1) is 0 Å². The van der Waals surface area contributed by atoms with Crippen LogP contribution in [0.3, 0.4) is 0 Å². The van der Waals surface area contributed by atoms with Crippen molar-refractivity contribution in [1.29, 1.82) is 0 Å². The van der Waals surface area contributed by atoms with Crippen LogP contribution in [0.5, 0.6) is 11.5 Å². The fourth-order valence-electron chi connectivity index (χ4n) is 6.29. The molecule has 2 atom stereocenters. The molecule has 2 aromatic rings.